The van der Waals surface area contributed by atoms with Crippen LogP contribution in [0, 0.1) is 11.8 Å². The van der Waals surface area contributed by atoms with Crippen LogP contribution in [-0.4, -0.2) is 24.0 Å². The van der Waals surface area contributed by atoms with Crippen LogP contribution in [0.15, 0.2) is 18.2 Å². The van der Waals surface area contributed by atoms with Gasteiger partial charge in [-0.3, -0.25) is 4.90 Å². The van der Waals surface area contributed by atoms with Gasteiger partial charge in [0.15, 0.2) is 0 Å². The van der Waals surface area contributed by atoms with E-state index in [-0.39, 0.29) is 12.4 Å². The predicted octanol–water partition coefficient (Wildman–Crippen LogP) is 3.58. The molecule has 19 heavy (non-hydrogen) atoms. The van der Waals surface area contributed by atoms with Crippen LogP contribution in [0.25, 0.3) is 0 Å². The molecule has 2 fully saturated rings. The Morgan fingerprint density at radius 1 is 1.11 bits per heavy atom. The monoisotopic (exact) mass is 320 g/mol. The lowest BCUT2D eigenvalue weighted by Gasteiger charge is -2.18. The molecule has 1 aliphatic carbocycles. The highest BCUT2D eigenvalue weighted by Gasteiger charge is 2.40. The minimum Gasteiger partial charge on any atom is -0.327 e. The summed E-state index contributed by atoms with van der Waals surface area (Å²) in [6.07, 6.45) is 2.49. The topological polar surface area (TPSA) is 29.3 Å². The highest BCUT2D eigenvalue weighted by Crippen LogP contribution is 2.37. The lowest BCUT2D eigenvalue weighted by Crippen LogP contribution is -2.30. The molecular formula is C14H19Cl3N2. The zero-order chi connectivity index (χ0) is 12.7. The zero-order valence-electron chi connectivity index (χ0n) is 10.7. The molecule has 1 saturated carbocycles. The average molecular weight is 322 g/mol. The number of hydrogen-bond donors (Lipinski definition) is 1. The van der Waals surface area contributed by atoms with Crippen molar-refractivity contribution in [3.63, 3.8) is 0 Å². The Bertz CT molecular complexity index is 432. The van der Waals surface area contributed by atoms with Gasteiger partial charge in [0, 0.05) is 35.7 Å². The van der Waals surface area contributed by atoms with Gasteiger partial charge in [0.2, 0.25) is 0 Å². The molecule has 1 aromatic carbocycles. The molecule has 3 rings (SSSR count). The smallest absolute Gasteiger partial charge is 0.0424 e. The van der Waals surface area contributed by atoms with Gasteiger partial charge in [0.25, 0.3) is 0 Å². The Morgan fingerprint density at radius 2 is 1.79 bits per heavy atom. The fourth-order valence-electron chi connectivity index (χ4n) is 3.49. The van der Waals surface area contributed by atoms with E-state index in [2.05, 4.69) is 4.90 Å². The van der Waals surface area contributed by atoms with Crippen molar-refractivity contribution in [2.75, 3.05) is 13.1 Å². The summed E-state index contributed by atoms with van der Waals surface area (Å²) in [5, 5.41) is 1.43. The first-order valence-corrected chi connectivity index (χ1v) is 7.30. The van der Waals surface area contributed by atoms with E-state index in [0.717, 1.165) is 19.0 Å². The van der Waals surface area contributed by atoms with Crippen LogP contribution >= 0.6 is 35.6 Å². The number of rotatable bonds is 2. The number of halogens is 3. The lowest BCUT2D eigenvalue weighted by atomic mass is 9.98. The van der Waals surface area contributed by atoms with Gasteiger partial charge in [-0.15, -0.1) is 12.4 Å². The molecule has 1 aromatic rings. The molecule has 2 N–H and O–H groups in total. The Kier molecular flexibility index (Phi) is 5.02. The summed E-state index contributed by atoms with van der Waals surface area (Å²) in [4.78, 5) is 2.48. The molecular weight excluding hydrogens is 303 g/mol. The third kappa shape index (κ3) is 3.37. The minimum atomic E-state index is 0. The van der Waals surface area contributed by atoms with Crippen molar-refractivity contribution < 1.29 is 0 Å². The number of nitrogens with two attached hydrogens (primary N) is 1. The van der Waals surface area contributed by atoms with Crippen molar-refractivity contribution in [1.29, 1.82) is 0 Å². The molecule has 2 aliphatic rings. The molecule has 1 aliphatic heterocycles. The normalized spacial score (nSPS) is 30.2. The van der Waals surface area contributed by atoms with Crippen molar-refractivity contribution in [3.05, 3.63) is 33.8 Å². The maximum absolute atomic E-state index is 6.15. The third-order valence-corrected chi connectivity index (χ3v) is 4.75. The Hall–Kier alpha value is 0.01000. The Labute approximate surface area is 130 Å². The molecule has 3 atom stereocenters. The van der Waals surface area contributed by atoms with E-state index in [1.807, 2.05) is 12.1 Å². The molecule has 106 valence electrons. The molecule has 0 bridgehead atoms. The number of nitrogens with zero attached hydrogens (tertiary/aromatic N) is 1. The second kappa shape index (κ2) is 6.19. The number of benzene rings is 1. The van der Waals surface area contributed by atoms with Gasteiger partial charge in [-0.1, -0.05) is 23.2 Å². The van der Waals surface area contributed by atoms with Crippen molar-refractivity contribution in [3.8, 4) is 0 Å². The van der Waals surface area contributed by atoms with Gasteiger partial charge in [-0.2, -0.15) is 0 Å². The molecule has 0 amide bonds. The van der Waals surface area contributed by atoms with E-state index in [1.54, 1.807) is 6.07 Å². The molecule has 0 aromatic heterocycles. The number of likely N-dealkylation sites (tertiary alicyclic amines) is 1. The van der Waals surface area contributed by atoms with Crippen LogP contribution < -0.4 is 5.73 Å². The van der Waals surface area contributed by atoms with Crippen molar-refractivity contribution in [1.82, 2.24) is 4.90 Å². The maximum atomic E-state index is 6.15. The molecule has 0 spiro atoms. The van der Waals surface area contributed by atoms with Gasteiger partial charge in [-0.25, -0.2) is 0 Å². The summed E-state index contributed by atoms with van der Waals surface area (Å²) < 4.78 is 0. The summed E-state index contributed by atoms with van der Waals surface area (Å²) >= 11 is 12.1. The van der Waals surface area contributed by atoms with Crippen molar-refractivity contribution >= 4 is 35.6 Å². The number of fused-ring (bicyclic) bond motifs is 1. The van der Waals surface area contributed by atoms with Gasteiger partial charge in [0.05, 0.1) is 0 Å². The van der Waals surface area contributed by atoms with Crippen LogP contribution in [0.1, 0.15) is 18.4 Å². The van der Waals surface area contributed by atoms with Gasteiger partial charge < -0.3 is 5.73 Å². The maximum Gasteiger partial charge on any atom is 0.0424 e. The molecule has 0 radical (unpaired) electrons. The molecule has 1 saturated heterocycles. The van der Waals surface area contributed by atoms with E-state index in [9.17, 15) is 0 Å². The fourth-order valence-corrected chi connectivity index (χ4v) is 4.06. The molecule has 5 heteroatoms. The summed E-state index contributed by atoms with van der Waals surface area (Å²) in [6, 6.07) is 6.19. The molecule has 1 heterocycles. The summed E-state index contributed by atoms with van der Waals surface area (Å²) in [5.41, 5.74) is 7.35. The van der Waals surface area contributed by atoms with E-state index < -0.39 is 0 Å². The molecule has 2 nitrogen and oxygen atoms in total. The summed E-state index contributed by atoms with van der Waals surface area (Å²) in [7, 11) is 0. The SMILES string of the molecule is Cl.NC1CCC2CN(Cc3cc(Cl)cc(Cl)c3)CC12. The Morgan fingerprint density at radius 3 is 2.42 bits per heavy atom. The fraction of sp³-hybridized carbons (Fsp3) is 0.571. The summed E-state index contributed by atoms with van der Waals surface area (Å²) in [5.74, 6) is 1.49. The van der Waals surface area contributed by atoms with Crippen molar-refractivity contribution in [2.45, 2.75) is 25.4 Å². The van der Waals surface area contributed by atoms with Gasteiger partial charge in [-0.05, 0) is 48.4 Å². The van der Waals surface area contributed by atoms with Gasteiger partial charge in [0.1, 0.15) is 0 Å². The highest BCUT2D eigenvalue weighted by molar-refractivity contribution is 6.34. The van der Waals surface area contributed by atoms with Crippen LogP contribution in [0.3, 0.4) is 0 Å². The van der Waals surface area contributed by atoms with E-state index in [1.165, 1.54) is 24.9 Å². The zero-order valence-corrected chi connectivity index (χ0v) is 13.0. The van der Waals surface area contributed by atoms with Crippen LogP contribution in [0.4, 0.5) is 0 Å². The second-order valence-corrected chi connectivity index (χ2v) is 6.51. The predicted molar refractivity (Wildman–Crippen MR) is 83.2 cm³/mol. The van der Waals surface area contributed by atoms with E-state index in [0.29, 0.717) is 22.0 Å². The van der Waals surface area contributed by atoms with Crippen LogP contribution in [-0.2, 0) is 6.54 Å². The molecule has 3 unspecified atom stereocenters. The first-order chi connectivity index (χ1) is 8.61. The second-order valence-electron chi connectivity index (χ2n) is 5.64. The quantitative estimate of drug-likeness (QED) is 0.902. The standard InChI is InChI=1S/C14H18Cl2N2.ClH/c15-11-3-9(4-12(16)5-11)6-18-7-10-1-2-14(17)13(10)8-18;/h3-5,10,13-14H,1-2,6-8,17H2;1H. The summed E-state index contributed by atoms with van der Waals surface area (Å²) in [6.45, 7) is 3.22. The Balaban J connectivity index is 0.00000133. The first kappa shape index (κ1) is 15.4. The van der Waals surface area contributed by atoms with Crippen molar-refractivity contribution in [2.24, 2.45) is 17.6 Å². The van der Waals surface area contributed by atoms with Crippen LogP contribution in [0.2, 0.25) is 10.0 Å². The van der Waals surface area contributed by atoms with Crippen LogP contribution in [0.5, 0.6) is 0 Å². The highest BCUT2D eigenvalue weighted by atomic mass is 35.5. The van der Waals surface area contributed by atoms with Gasteiger partial charge >= 0.3 is 0 Å². The van der Waals surface area contributed by atoms with E-state index >= 15 is 0 Å². The third-order valence-electron chi connectivity index (χ3n) is 4.32. The lowest BCUT2D eigenvalue weighted by molar-refractivity contribution is 0.298. The minimum absolute atomic E-state index is 0. The first-order valence-electron chi connectivity index (χ1n) is 6.55. The number of hydrogen-bond acceptors (Lipinski definition) is 2. The van der Waals surface area contributed by atoms with E-state index in [4.69, 9.17) is 28.9 Å². The average Bonchev–Trinajstić information content (AvgIpc) is 2.80. The largest absolute Gasteiger partial charge is 0.327 e.